The first kappa shape index (κ1) is 23.4. The predicted octanol–water partition coefficient (Wildman–Crippen LogP) is 2.49. The average molecular weight is 472 g/mol. The van der Waals surface area contributed by atoms with Gasteiger partial charge in [-0.3, -0.25) is 9.59 Å². The van der Waals surface area contributed by atoms with Gasteiger partial charge in [0.05, 0.1) is 24.9 Å². The highest BCUT2D eigenvalue weighted by atomic mass is 32.2. The van der Waals surface area contributed by atoms with Gasteiger partial charge in [-0.05, 0) is 42.2 Å². The fourth-order valence-electron chi connectivity index (χ4n) is 4.50. The highest BCUT2D eigenvalue weighted by Crippen LogP contribution is 2.38. The molecule has 0 bridgehead atoms. The van der Waals surface area contributed by atoms with Gasteiger partial charge in [-0.2, -0.15) is 4.31 Å². The number of carbonyl (C=O) groups excluding carboxylic acids is 2. The van der Waals surface area contributed by atoms with Gasteiger partial charge in [-0.25, -0.2) is 8.42 Å². The lowest BCUT2D eigenvalue weighted by atomic mass is 9.92. The van der Waals surface area contributed by atoms with Gasteiger partial charge >= 0.3 is 0 Å². The van der Waals surface area contributed by atoms with Crippen LogP contribution in [-0.4, -0.2) is 62.3 Å². The van der Waals surface area contributed by atoms with Crippen LogP contribution in [0.4, 0.5) is 5.69 Å². The summed E-state index contributed by atoms with van der Waals surface area (Å²) < 4.78 is 34.7. The molecule has 1 saturated heterocycles. The van der Waals surface area contributed by atoms with Gasteiger partial charge in [-0.1, -0.05) is 30.3 Å². The molecule has 2 heterocycles. The Labute approximate surface area is 194 Å². The predicted molar refractivity (Wildman–Crippen MR) is 124 cm³/mol. The number of fused-ring (bicyclic) bond motifs is 1. The van der Waals surface area contributed by atoms with Crippen LogP contribution in [-0.2, 0) is 30.8 Å². The lowest BCUT2D eigenvalue weighted by molar-refractivity contribution is -0.136. The van der Waals surface area contributed by atoms with Crippen LogP contribution in [0, 0.1) is 6.92 Å². The third kappa shape index (κ3) is 4.95. The third-order valence-electron chi connectivity index (χ3n) is 6.13. The Hall–Kier alpha value is -2.75. The first-order valence-electron chi connectivity index (χ1n) is 11.1. The monoisotopic (exact) mass is 471 g/mol. The Bertz CT molecular complexity index is 1160. The van der Waals surface area contributed by atoms with Gasteiger partial charge in [0.25, 0.3) is 0 Å². The molecule has 0 saturated carbocycles. The van der Waals surface area contributed by atoms with E-state index in [1.807, 2.05) is 31.2 Å². The number of rotatable bonds is 5. The Morgan fingerprint density at radius 3 is 2.55 bits per heavy atom. The molecule has 0 spiro atoms. The second-order valence-corrected chi connectivity index (χ2v) is 10.3. The zero-order valence-corrected chi connectivity index (χ0v) is 19.7. The van der Waals surface area contributed by atoms with Crippen LogP contribution in [0.3, 0.4) is 0 Å². The Kier molecular flexibility index (Phi) is 6.83. The van der Waals surface area contributed by atoms with Crippen LogP contribution >= 0.6 is 0 Å². The Morgan fingerprint density at radius 1 is 1.09 bits per heavy atom. The normalized spacial score (nSPS) is 19.1. The van der Waals surface area contributed by atoms with Crippen LogP contribution in [0.2, 0.25) is 0 Å². The van der Waals surface area contributed by atoms with Gasteiger partial charge in [0.1, 0.15) is 4.90 Å². The van der Waals surface area contributed by atoms with Crippen molar-refractivity contribution >= 4 is 27.5 Å². The summed E-state index contributed by atoms with van der Waals surface area (Å²) in [4.78, 5) is 26.6. The molecule has 1 fully saturated rings. The minimum atomic E-state index is -4.01. The number of sulfonamides is 1. The first-order chi connectivity index (χ1) is 15.8. The molecule has 2 aliphatic rings. The maximum absolute atomic E-state index is 13.9. The molecule has 1 N–H and O–H groups in total. The maximum Gasteiger partial charge on any atom is 0.245 e. The van der Waals surface area contributed by atoms with Gasteiger partial charge in [0.2, 0.25) is 21.8 Å². The number of nitrogens with zero attached hydrogens (tertiary/aromatic N) is 2. The summed E-state index contributed by atoms with van der Waals surface area (Å²) in [6, 6.07) is 12.0. The molecule has 2 aromatic carbocycles. The van der Waals surface area contributed by atoms with E-state index in [2.05, 4.69) is 5.32 Å². The van der Waals surface area contributed by atoms with Crippen molar-refractivity contribution in [3.8, 4) is 0 Å². The average Bonchev–Trinajstić information content (AvgIpc) is 2.80. The fourth-order valence-corrected chi connectivity index (χ4v) is 6.34. The second kappa shape index (κ2) is 9.62. The number of benzene rings is 2. The van der Waals surface area contributed by atoms with Gasteiger partial charge in [0, 0.05) is 33.0 Å². The molecule has 8 nitrogen and oxygen atoms in total. The number of ether oxygens (including phenoxy) is 1. The Morgan fingerprint density at radius 2 is 1.82 bits per heavy atom. The minimum Gasteiger partial charge on any atom is -0.378 e. The summed E-state index contributed by atoms with van der Waals surface area (Å²) in [7, 11) is -4.01. The van der Waals surface area contributed by atoms with Crippen molar-refractivity contribution in [2.75, 3.05) is 38.2 Å². The van der Waals surface area contributed by atoms with Crippen molar-refractivity contribution in [2.45, 2.75) is 37.6 Å². The molecule has 1 atom stereocenters. The van der Waals surface area contributed by atoms with E-state index in [4.69, 9.17) is 4.74 Å². The first-order valence-corrected chi connectivity index (χ1v) is 12.5. The molecular weight excluding hydrogens is 442 g/mol. The Balaban J connectivity index is 1.74. The van der Waals surface area contributed by atoms with Crippen molar-refractivity contribution in [1.82, 2.24) is 9.21 Å². The largest absolute Gasteiger partial charge is 0.378 e. The van der Waals surface area contributed by atoms with Crippen molar-refractivity contribution in [3.63, 3.8) is 0 Å². The summed E-state index contributed by atoms with van der Waals surface area (Å²) in [5.41, 5.74) is 2.91. The van der Waals surface area contributed by atoms with Gasteiger partial charge in [0.15, 0.2) is 0 Å². The number of hydrogen-bond donors (Lipinski definition) is 1. The van der Waals surface area contributed by atoms with Crippen LogP contribution < -0.4 is 5.32 Å². The smallest absolute Gasteiger partial charge is 0.245 e. The lowest BCUT2D eigenvalue weighted by Crippen LogP contribution is -2.45. The topological polar surface area (TPSA) is 96.0 Å². The third-order valence-corrected chi connectivity index (χ3v) is 8.08. The molecule has 4 rings (SSSR count). The SMILES string of the molecule is CC(=O)Nc1ccc(C)cc1S(=O)(=O)N1CCc2ccccc2C1CC(=O)N1CCOCC1. The second-order valence-electron chi connectivity index (χ2n) is 8.46. The van der Waals surface area contributed by atoms with Crippen LogP contribution in [0.25, 0.3) is 0 Å². The van der Waals surface area contributed by atoms with Gasteiger partial charge in [-0.15, -0.1) is 0 Å². The van der Waals surface area contributed by atoms with E-state index in [1.165, 1.54) is 11.2 Å². The maximum atomic E-state index is 13.9. The summed E-state index contributed by atoms with van der Waals surface area (Å²) in [5, 5.41) is 2.64. The van der Waals surface area contributed by atoms with Crippen molar-refractivity contribution in [3.05, 3.63) is 59.2 Å². The molecule has 0 radical (unpaired) electrons. The number of aryl methyl sites for hydroxylation is 1. The standard InChI is InChI=1S/C24H29N3O5S/c1-17-7-8-21(25-18(2)28)23(15-17)33(30,31)27-10-9-19-5-3-4-6-20(19)22(27)16-24(29)26-11-13-32-14-12-26/h3-8,15,22H,9-14,16H2,1-2H3,(H,25,28). The lowest BCUT2D eigenvalue weighted by Gasteiger charge is -2.38. The molecule has 1 unspecified atom stereocenters. The number of anilines is 1. The number of carbonyl (C=O) groups is 2. The van der Waals surface area contributed by atoms with Crippen molar-refractivity contribution in [1.29, 1.82) is 0 Å². The molecular formula is C24H29N3O5S. The molecule has 0 aliphatic carbocycles. The number of hydrogen-bond acceptors (Lipinski definition) is 5. The minimum absolute atomic E-state index is 0.0425. The van der Waals surface area contributed by atoms with Gasteiger partial charge < -0.3 is 15.0 Å². The number of amides is 2. The van der Waals surface area contributed by atoms with E-state index in [1.54, 1.807) is 23.1 Å². The summed E-state index contributed by atoms with van der Waals surface area (Å²) >= 11 is 0. The van der Waals surface area contributed by atoms with Crippen molar-refractivity contribution < 1.29 is 22.7 Å². The van der Waals surface area contributed by atoms with E-state index in [9.17, 15) is 18.0 Å². The zero-order chi connectivity index (χ0) is 23.6. The van der Waals surface area contributed by atoms with E-state index < -0.39 is 16.1 Å². The zero-order valence-electron chi connectivity index (χ0n) is 18.9. The van der Waals surface area contributed by atoms with Crippen molar-refractivity contribution in [2.24, 2.45) is 0 Å². The number of morpholine rings is 1. The molecule has 9 heteroatoms. The summed E-state index contributed by atoms with van der Waals surface area (Å²) in [5.74, 6) is -0.440. The van der Waals surface area contributed by atoms with E-state index >= 15 is 0 Å². The van der Waals surface area contributed by atoms with Crippen LogP contribution in [0.15, 0.2) is 47.4 Å². The quantitative estimate of drug-likeness (QED) is 0.723. The molecule has 176 valence electrons. The highest BCUT2D eigenvalue weighted by Gasteiger charge is 2.39. The molecule has 33 heavy (non-hydrogen) atoms. The molecule has 2 aliphatic heterocycles. The summed E-state index contributed by atoms with van der Waals surface area (Å²) in [6.07, 6.45) is 0.608. The van der Waals surface area contributed by atoms with Crippen LogP contribution in [0.5, 0.6) is 0 Å². The molecule has 0 aromatic heterocycles. The molecule has 2 amide bonds. The fraction of sp³-hybridized carbons (Fsp3) is 0.417. The van der Waals surface area contributed by atoms with E-state index in [0.29, 0.717) is 32.7 Å². The van der Waals surface area contributed by atoms with E-state index in [-0.39, 0.29) is 35.4 Å². The van der Waals surface area contributed by atoms with Crippen LogP contribution in [0.1, 0.15) is 36.1 Å². The van der Waals surface area contributed by atoms with E-state index in [0.717, 1.165) is 16.7 Å². The highest BCUT2D eigenvalue weighted by molar-refractivity contribution is 7.89. The summed E-state index contributed by atoms with van der Waals surface area (Å²) in [6.45, 7) is 5.39. The molecule has 2 aromatic rings. The number of nitrogens with one attached hydrogen (secondary N) is 1.